The van der Waals surface area contributed by atoms with Crippen molar-refractivity contribution in [2.24, 2.45) is 0 Å². The number of aryl methyl sites for hydroxylation is 1. The van der Waals surface area contributed by atoms with Crippen molar-refractivity contribution in [3.8, 4) is 0 Å². The molecule has 0 bridgehead atoms. The van der Waals surface area contributed by atoms with Gasteiger partial charge in [-0.2, -0.15) is 13.2 Å². The first-order valence-corrected chi connectivity index (χ1v) is 8.75. The third-order valence-electron chi connectivity index (χ3n) is 4.21. The van der Waals surface area contributed by atoms with Gasteiger partial charge in [-0.15, -0.1) is 0 Å². The number of alkyl halides is 3. The smallest absolute Gasteiger partial charge is 0.363 e. The zero-order valence-corrected chi connectivity index (χ0v) is 16.0. The molecular weight excluding hydrogens is 407 g/mol. The summed E-state index contributed by atoms with van der Waals surface area (Å²) in [6, 6.07) is 7.39. The highest BCUT2D eigenvalue weighted by Crippen LogP contribution is 2.35. The first kappa shape index (κ1) is 17.3. The number of nitrogens with one attached hydrogen (secondary N) is 1. The van der Waals surface area contributed by atoms with Crippen LogP contribution in [0.5, 0.6) is 0 Å². The van der Waals surface area contributed by atoms with Gasteiger partial charge in [-0.05, 0) is 56.1 Å². The molecule has 1 aromatic heterocycles. The van der Waals surface area contributed by atoms with Gasteiger partial charge in [-0.3, -0.25) is 0 Å². The molecular formula is C19H17BrF3N3. The van der Waals surface area contributed by atoms with E-state index in [1.165, 1.54) is 13.0 Å². The van der Waals surface area contributed by atoms with Gasteiger partial charge in [0, 0.05) is 9.86 Å². The third kappa shape index (κ3) is 3.67. The van der Waals surface area contributed by atoms with Crippen LogP contribution in [0.3, 0.4) is 0 Å². The summed E-state index contributed by atoms with van der Waals surface area (Å²) in [5, 5.41) is 3.83. The molecule has 3 nitrogen and oxygen atoms in total. The van der Waals surface area contributed by atoms with E-state index in [9.17, 15) is 13.2 Å². The van der Waals surface area contributed by atoms with Crippen molar-refractivity contribution in [3.05, 3.63) is 63.4 Å². The Morgan fingerprint density at radius 2 is 1.92 bits per heavy atom. The number of nitrogens with zero attached hydrogens (tertiary/aromatic N) is 2. The fourth-order valence-electron chi connectivity index (χ4n) is 2.98. The second kappa shape index (κ2) is 6.87. The van der Waals surface area contributed by atoms with Gasteiger partial charge >= 0.3 is 6.18 Å². The summed E-state index contributed by atoms with van der Waals surface area (Å²) in [5.41, 5.74) is 0.733. The van der Waals surface area contributed by atoms with Crippen molar-refractivity contribution in [3.63, 3.8) is 0 Å². The molecule has 1 N–H and O–H groups in total. The fraction of sp³-hybridized carbons (Fsp3) is 0.263. The van der Waals surface area contributed by atoms with Crippen LogP contribution in [-0.2, 0) is 6.18 Å². The standard InChI is InChI=1S/C19H17BrF3N3/c1-10-14(5-4-6-16(10)19(21,22)23)11(2)24-18-15-8-7-13(20)9-17(15)25-12(3)26-18/h4-9,11H,1-3H3,(H,24,25,26)/i7D. The quantitative estimate of drug-likeness (QED) is 0.543. The summed E-state index contributed by atoms with van der Waals surface area (Å²) < 4.78 is 48.2. The molecule has 0 spiro atoms. The Hall–Kier alpha value is -2.15. The van der Waals surface area contributed by atoms with Crippen molar-refractivity contribution >= 4 is 32.7 Å². The van der Waals surface area contributed by atoms with Crippen molar-refractivity contribution in [2.75, 3.05) is 5.32 Å². The molecule has 3 rings (SSSR count). The number of rotatable bonds is 3. The van der Waals surface area contributed by atoms with Gasteiger partial charge in [0.2, 0.25) is 0 Å². The molecule has 7 heteroatoms. The van der Waals surface area contributed by atoms with Crippen molar-refractivity contribution < 1.29 is 14.5 Å². The van der Waals surface area contributed by atoms with E-state index in [1.807, 2.05) is 0 Å². The highest BCUT2D eigenvalue weighted by atomic mass is 79.9. The second-order valence-corrected chi connectivity index (χ2v) is 6.94. The SMILES string of the molecule is [2H]c1cc2c(NC(C)c3cccc(C(F)(F)F)c3C)nc(C)nc2cc1Br. The molecule has 0 saturated heterocycles. The van der Waals surface area contributed by atoms with Crippen LogP contribution in [0.1, 0.15) is 36.9 Å². The van der Waals surface area contributed by atoms with Crippen LogP contribution < -0.4 is 5.32 Å². The lowest BCUT2D eigenvalue weighted by atomic mass is 9.97. The summed E-state index contributed by atoms with van der Waals surface area (Å²) in [5.74, 6) is 1.02. The number of benzene rings is 2. The Labute approximate surface area is 159 Å². The summed E-state index contributed by atoms with van der Waals surface area (Å²) in [7, 11) is 0. The van der Waals surface area contributed by atoms with E-state index in [0.717, 1.165) is 6.07 Å². The minimum atomic E-state index is -4.40. The summed E-state index contributed by atoms with van der Waals surface area (Å²) >= 11 is 3.31. The Balaban J connectivity index is 2.05. The van der Waals surface area contributed by atoms with Crippen LogP contribution in [0.4, 0.5) is 19.0 Å². The van der Waals surface area contributed by atoms with E-state index in [4.69, 9.17) is 1.37 Å². The number of hydrogen-bond acceptors (Lipinski definition) is 3. The minimum absolute atomic E-state index is 0.184. The molecule has 0 fully saturated rings. The van der Waals surface area contributed by atoms with Gasteiger partial charge in [-0.1, -0.05) is 28.1 Å². The average Bonchev–Trinajstić information content (AvgIpc) is 2.55. The predicted molar refractivity (Wildman–Crippen MR) is 100 cm³/mol. The highest BCUT2D eigenvalue weighted by Gasteiger charge is 2.33. The van der Waals surface area contributed by atoms with E-state index >= 15 is 0 Å². The molecule has 0 saturated carbocycles. The second-order valence-electron chi connectivity index (χ2n) is 6.08. The van der Waals surface area contributed by atoms with E-state index in [1.54, 1.807) is 32.0 Å². The number of anilines is 1. The monoisotopic (exact) mass is 424 g/mol. The maximum Gasteiger partial charge on any atom is 0.416 e. The lowest BCUT2D eigenvalue weighted by Gasteiger charge is -2.21. The molecule has 0 amide bonds. The largest absolute Gasteiger partial charge is 0.416 e. The molecule has 1 unspecified atom stereocenters. The van der Waals surface area contributed by atoms with E-state index in [2.05, 4.69) is 31.2 Å². The molecule has 3 aromatic rings. The number of aromatic nitrogens is 2. The third-order valence-corrected chi connectivity index (χ3v) is 4.66. The molecule has 26 heavy (non-hydrogen) atoms. The average molecular weight is 425 g/mol. The van der Waals surface area contributed by atoms with Crippen molar-refractivity contribution in [1.29, 1.82) is 0 Å². The first-order chi connectivity index (χ1) is 12.6. The van der Waals surface area contributed by atoms with Crippen LogP contribution in [0, 0.1) is 13.8 Å². The van der Waals surface area contributed by atoms with Gasteiger partial charge in [0.15, 0.2) is 0 Å². The molecule has 0 aliphatic rings. The molecule has 136 valence electrons. The van der Waals surface area contributed by atoms with E-state index in [-0.39, 0.29) is 11.6 Å². The zero-order chi connectivity index (χ0) is 19.9. The van der Waals surface area contributed by atoms with Crippen LogP contribution in [0.15, 0.2) is 40.8 Å². The van der Waals surface area contributed by atoms with Gasteiger partial charge in [0.1, 0.15) is 11.6 Å². The van der Waals surface area contributed by atoms with Gasteiger partial charge in [0.05, 0.1) is 18.5 Å². The lowest BCUT2D eigenvalue weighted by Crippen LogP contribution is -2.14. The molecule has 2 aromatic carbocycles. The number of hydrogen-bond donors (Lipinski definition) is 1. The molecule has 0 aliphatic heterocycles. The van der Waals surface area contributed by atoms with Gasteiger partial charge in [-0.25, -0.2) is 9.97 Å². The van der Waals surface area contributed by atoms with Gasteiger partial charge in [0.25, 0.3) is 0 Å². The summed E-state index contributed by atoms with van der Waals surface area (Å²) in [4.78, 5) is 8.76. The number of fused-ring (bicyclic) bond motifs is 1. The maximum atomic E-state index is 13.2. The summed E-state index contributed by atoms with van der Waals surface area (Å²) in [6.45, 7) is 5.00. The Morgan fingerprint density at radius 3 is 2.62 bits per heavy atom. The van der Waals surface area contributed by atoms with Crippen molar-refractivity contribution in [1.82, 2.24) is 9.97 Å². The normalized spacial score (nSPS) is 13.6. The maximum absolute atomic E-state index is 13.2. The van der Waals surface area contributed by atoms with Crippen LogP contribution in [0.25, 0.3) is 10.9 Å². The lowest BCUT2D eigenvalue weighted by molar-refractivity contribution is -0.138. The van der Waals surface area contributed by atoms with Crippen LogP contribution in [0.2, 0.25) is 0 Å². The number of halogens is 4. The molecule has 0 aliphatic carbocycles. The van der Waals surface area contributed by atoms with E-state index < -0.39 is 17.8 Å². The fourth-order valence-corrected chi connectivity index (χ4v) is 3.31. The van der Waals surface area contributed by atoms with Crippen LogP contribution in [-0.4, -0.2) is 9.97 Å². The Bertz CT molecular complexity index is 1020. The highest BCUT2D eigenvalue weighted by molar-refractivity contribution is 9.10. The van der Waals surface area contributed by atoms with Crippen molar-refractivity contribution in [2.45, 2.75) is 33.0 Å². The molecule has 1 heterocycles. The molecule has 1 atom stereocenters. The minimum Gasteiger partial charge on any atom is -0.363 e. The Kier molecular flexibility index (Phi) is 4.56. The van der Waals surface area contributed by atoms with E-state index in [0.29, 0.717) is 32.6 Å². The summed E-state index contributed by atoms with van der Waals surface area (Å²) in [6.07, 6.45) is -4.40. The first-order valence-electron chi connectivity index (χ1n) is 8.45. The molecule has 0 radical (unpaired) electrons. The van der Waals surface area contributed by atoms with Gasteiger partial charge < -0.3 is 5.32 Å². The van der Waals surface area contributed by atoms with Crippen LogP contribution >= 0.6 is 15.9 Å². The predicted octanol–water partition coefficient (Wildman–Crippen LogP) is 6.20. The topological polar surface area (TPSA) is 37.8 Å². The Morgan fingerprint density at radius 1 is 1.19 bits per heavy atom. The zero-order valence-electron chi connectivity index (χ0n) is 15.4.